The number of carbonyl (C=O) groups is 1. The second-order valence-electron chi connectivity index (χ2n) is 5.96. The maximum Gasteiger partial charge on any atom is 0.367 e. The van der Waals surface area contributed by atoms with Crippen molar-refractivity contribution in [2.75, 3.05) is 6.61 Å². The van der Waals surface area contributed by atoms with Crippen LogP contribution in [0.15, 0.2) is 0 Å². The molecule has 0 bridgehead atoms. The first-order valence-electron chi connectivity index (χ1n) is 6.26. The molecule has 108 valence electrons. The van der Waals surface area contributed by atoms with Crippen molar-refractivity contribution >= 4 is 5.97 Å². The van der Waals surface area contributed by atoms with Crippen LogP contribution in [-0.4, -0.2) is 53.4 Å². The molecule has 0 unspecified atom stereocenters. The van der Waals surface area contributed by atoms with Crippen molar-refractivity contribution < 1.29 is 33.6 Å². The molecule has 0 amide bonds. The quantitative estimate of drug-likeness (QED) is 0.744. The van der Waals surface area contributed by atoms with Crippen LogP contribution >= 0.6 is 0 Å². The molecule has 19 heavy (non-hydrogen) atoms. The first-order valence-corrected chi connectivity index (χ1v) is 6.26. The van der Waals surface area contributed by atoms with Gasteiger partial charge in [0.25, 0.3) is 0 Å². The second-order valence-corrected chi connectivity index (χ2v) is 5.96. The molecule has 0 spiro atoms. The highest BCUT2D eigenvalue weighted by molar-refractivity contribution is 5.77. The zero-order chi connectivity index (χ0) is 14.1. The molecule has 3 aliphatic rings. The minimum absolute atomic E-state index is 0.0936. The molecule has 0 aromatic rings. The minimum atomic E-state index is -1.82. The first kappa shape index (κ1) is 13.3. The lowest BCUT2D eigenvalue weighted by molar-refractivity contribution is -0.277. The SMILES string of the molecule is CC1(C)O[C@H]2[C@H]3OC(C)(C)O[C@@]3(C(=O)O)OC[C@H]2O1. The summed E-state index contributed by atoms with van der Waals surface area (Å²) in [6.07, 6.45) is -1.74. The first-order chi connectivity index (χ1) is 8.65. The van der Waals surface area contributed by atoms with E-state index in [0.717, 1.165) is 0 Å². The molecule has 3 aliphatic heterocycles. The summed E-state index contributed by atoms with van der Waals surface area (Å²) in [5.41, 5.74) is 0. The van der Waals surface area contributed by atoms with E-state index in [1.807, 2.05) is 0 Å². The summed E-state index contributed by atoms with van der Waals surface area (Å²) >= 11 is 0. The Morgan fingerprint density at radius 3 is 2.42 bits per heavy atom. The van der Waals surface area contributed by atoms with Gasteiger partial charge in [-0.15, -0.1) is 0 Å². The van der Waals surface area contributed by atoms with Gasteiger partial charge >= 0.3 is 11.8 Å². The smallest absolute Gasteiger partial charge is 0.367 e. The summed E-state index contributed by atoms with van der Waals surface area (Å²) in [5.74, 6) is -4.87. The molecule has 0 radical (unpaired) electrons. The van der Waals surface area contributed by atoms with Gasteiger partial charge in [-0.25, -0.2) is 4.79 Å². The normalized spacial score (nSPS) is 46.6. The average Bonchev–Trinajstić information content (AvgIpc) is 2.70. The molecular formula is C12H18O7. The Bertz CT molecular complexity index is 418. The predicted molar refractivity (Wildman–Crippen MR) is 60.2 cm³/mol. The standard InChI is InChI=1S/C12H18O7/c1-10(2)16-6-5-15-12(9(13)14)8(7(6)17-10)18-11(3,4)19-12/h6-8H,5H2,1-4H3,(H,13,14)/t6-,7-,8-,12+/m1/s1. The fraction of sp³-hybridized carbons (Fsp3) is 0.917. The fourth-order valence-electron chi connectivity index (χ4n) is 2.91. The third-order valence-corrected chi connectivity index (χ3v) is 3.46. The molecule has 1 N–H and O–H groups in total. The number of hydrogen-bond acceptors (Lipinski definition) is 6. The van der Waals surface area contributed by atoms with E-state index in [-0.39, 0.29) is 12.7 Å². The second kappa shape index (κ2) is 3.67. The lowest BCUT2D eigenvalue weighted by Gasteiger charge is -2.37. The molecule has 4 atom stereocenters. The Balaban J connectivity index is 1.96. The minimum Gasteiger partial charge on any atom is -0.477 e. The van der Waals surface area contributed by atoms with E-state index >= 15 is 0 Å². The van der Waals surface area contributed by atoms with Crippen LogP contribution in [0.2, 0.25) is 0 Å². The van der Waals surface area contributed by atoms with Gasteiger partial charge in [-0.05, 0) is 27.7 Å². The zero-order valence-corrected chi connectivity index (χ0v) is 11.3. The van der Waals surface area contributed by atoms with Gasteiger partial charge in [0.1, 0.15) is 12.2 Å². The van der Waals surface area contributed by atoms with Crippen molar-refractivity contribution in [1.82, 2.24) is 0 Å². The van der Waals surface area contributed by atoms with Gasteiger partial charge in [-0.3, -0.25) is 0 Å². The zero-order valence-electron chi connectivity index (χ0n) is 11.3. The molecule has 0 aromatic heterocycles. The number of hydrogen-bond donors (Lipinski definition) is 1. The van der Waals surface area contributed by atoms with Gasteiger partial charge in [-0.1, -0.05) is 0 Å². The van der Waals surface area contributed by atoms with Crippen LogP contribution in [0.4, 0.5) is 0 Å². The molecule has 3 rings (SSSR count). The van der Waals surface area contributed by atoms with E-state index in [0.29, 0.717) is 0 Å². The molecule has 3 saturated heterocycles. The largest absolute Gasteiger partial charge is 0.477 e. The number of fused-ring (bicyclic) bond motifs is 3. The number of carboxylic acids is 1. The molecule has 3 fully saturated rings. The summed E-state index contributed by atoms with van der Waals surface area (Å²) in [7, 11) is 0. The van der Waals surface area contributed by atoms with Gasteiger partial charge in [0.15, 0.2) is 17.7 Å². The third kappa shape index (κ3) is 1.88. The number of rotatable bonds is 1. The number of carboxylic acid groups (broad SMARTS) is 1. The molecule has 0 aromatic carbocycles. The highest BCUT2D eigenvalue weighted by Gasteiger charge is 2.69. The molecule has 7 nitrogen and oxygen atoms in total. The monoisotopic (exact) mass is 274 g/mol. The molecule has 3 heterocycles. The van der Waals surface area contributed by atoms with Crippen LogP contribution in [0.25, 0.3) is 0 Å². The van der Waals surface area contributed by atoms with Crippen molar-refractivity contribution in [2.24, 2.45) is 0 Å². The van der Waals surface area contributed by atoms with E-state index in [4.69, 9.17) is 23.7 Å². The molecule has 0 saturated carbocycles. The Morgan fingerprint density at radius 2 is 1.79 bits per heavy atom. The van der Waals surface area contributed by atoms with Crippen LogP contribution in [-0.2, 0) is 28.5 Å². The summed E-state index contributed by atoms with van der Waals surface area (Å²) in [6.45, 7) is 6.93. The lowest BCUT2D eigenvalue weighted by atomic mass is 9.97. The van der Waals surface area contributed by atoms with Gasteiger partial charge < -0.3 is 28.8 Å². The third-order valence-electron chi connectivity index (χ3n) is 3.46. The van der Waals surface area contributed by atoms with Crippen LogP contribution in [0.3, 0.4) is 0 Å². The van der Waals surface area contributed by atoms with E-state index in [9.17, 15) is 9.90 Å². The van der Waals surface area contributed by atoms with Crippen LogP contribution < -0.4 is 0 Å². The highest BCUT2D eigenvalue weighted by atomic mass is 16.9. The van der Waals surface area contributed by atoms with Gasteiger partial charge in [0, 0.05) is 0 Å². The van der Waals surface area contributed by atoms with Gasteiger partial charge in [-0.2, -0.15) is 0 Å². The van der Waals surface area contributed by atoms with Gasteiger partial charge in [0.05, 0.1) is 6.61 Å². The highest BCUT2D eigenvalue weighted by Crippen LogP contribution is 2.47. The van der Waals surface area contributed by atoms with Crippen molar-refractivity contribution in [2.45, 2.75) is 63.4 Å². The molecule has 7 heteroatoms. The summed E-state index contributed by atoms with van der Waals surface area (Å²) < 4.78 is 28.1. The Hall–Kier alpha value is -0.730. The van der Waals surface area contributed by atoms with Crippen molar-refractivity contribution in [3.8, 4) is 0 Å². The topological polar surface area (TPSA) is 83.5 Å². The van der Waals surface area contributed by atoms with E-state index in [1.165, 1.54) is 0 Å². The maximum absolute atomic E-state index is 11.6. The fourth-order valence-corrected chi connectivity index (χ4v) is 2.91. The molecular weight excluding hydrogens is 256 g/mol. The number of ether oxygens (including phenoxy) is 5. The predicted octanol–water partition coefficient (Wildman–Crippen LogP) is 0.469. The maximum atomic E-state index is 11.6. The van der Waals surface area contributed by atoms with Crippen molar-refractivity contribution in [3.05, 3.63) is 0 Å². The number of aliphatic carboxylic acids is 1. The molecule has 0 aliphatic carbocycles. The summed E-state index contributed by atoms with van der Waals surface area (Å²) in [4.78, 5) is 11.6. The van der Waals surface area contributed by atoms with Crippen LogP contribution in [0.5, 0.6) is 0 Å². The van der Waals surface area contributed by atoms with Crippen LogP contribution in [0, 0.1) is 0 Å². The van der Waals surface area contributed by atoms with Crippen LogP contribution in [0.1, 0.15) is 27.7 Å². The van der Waals surface area contributed by atoms with Crippen molar-refractivity contribution in [3.63, 3.8) is 0 Å². The lowest BCUT2D eigenvalue weighted by Crippen LogP contribution is -2.62. The Labute approximate surface area is 110 Å². The van der Waals surface area contributed by atoms with Crippen molar-refractivity contribution in [1.29, 1.82) is 0 Å². The van der Waals surface area contributed by atoms with E-state index in [1.54, 1.807) is 27.7 Å². The van der Waals surface area contributed by atoms with E-state index in [2.05, 4.69) is 0 Å². The summed E-state index contributed by atoms with van der Waals surface area (Å²) in [5, 5.41) is 9.46. The summed E-state index contributed by atoms with van der Waals surface area (Å²) in [6, 6.07) is 0. The Kier molecular flexibility index (Phi) is 2.57. The van der Waals surface area contributed by atoms with Gasteiger partial charge in [0.2, 0.25) is 0 Å². The average molecular weight is 274 g/mol. The van der Waals surface area contributed by atoms with E-state index < -0.39 is 35.5 Å². The Morgan fingerprint density at radius 1 is 1.11 bits per heavy atom.